The summed E-state index contributed by atoms with van der Waals surface area (Å²) in [5.74, 6) is -3.08. The number of benzene rings is 1. The smallest absolute Gasteiger partial charge is 0.303 e. The topological polar surface area (TPSA) is 141 Å². The van der Waals surface area contributed by atoms with Gasteiger partial charge in [-0.1, -0.05) is 36.4 Å². The van der Waals surface area contributed by atoms with E-state index in [1.165, 1.54) is 26.8 Å². The Labute approximate surface area is 245 Å². The van der Waals surface area contributed by atoms with Gasteiger partial charge in [0.25, 0.3) is 0 Å². The van der Waals surface area contributed by atoms with Gasteiger partial charge in [-0.05, 0) is 38.0 Å². The first-order valence-corrected chi connectivity index (χ1v) is 13.6. The molecule has 0 radical (unpaired) electrons. The molecule has 0 bridgehead atoms. The number of carbonyl (C=O) groups excluding carboxylic acids is 5. The molecule has 2 aliphatic rings. The summed E-state index contributed by atoms with van der Waals surface area (Å²) in [6, 6.07) is 9.11. The fourth-order valence-corrected chi connectivity index (χ4v) is 5.02. The van der Waals surface area contributed by atoms with Crippen LogP contribution in [0.25, 0.3) is 0 Å². The fourth-order valence-electron chi connectivity index (χ4n) is 5.02. The number of hydrogen-bond donors (Lipinski definition) is 0. The molecule has 228 valence electrons. The van der Waals surface area contributed by atoms with Crippen molar-refractivity contribution in [2.24, 2.45) is 0 Å². The number of carbonyl (C=O) groups is 5. The highest BCUT2D eigenvalue weighted by atomic mass is 16.6. The van der Waals surface area contributed by atoms with Crippen molar-refractivity contribution in [2.45, 2.75) is 95.8 Å². The van der Waals surface area contributed by atoms with E-state index in [2.05, 4.69) is 6.58 Å². The molecule has 1 fully saturated rings. The van der Waals surface area contributed by atoms with Gasteiger partial charge in [-0.2, -0.15) is 0 Å². The minimum absolute atomic E-state index is 0.0370. The van der Waals surface area contributed by atoms with Crippen molar-refractivity contribution < 1.29 is 52.4 Å². The second-order valence-electron chi connectivity index (χ2n) is 10.9. The van der Waals surface area contributed by atoms with Crippen LogP contribution < -0.4 is 0 Å². The highest BCUT2D eigenvalue weighted by Crippen LogP contribution is 2.35. The molecule has 0 N–H and O–H groups in total. The lowest BCUT2D eigenvalue weighted by molar-refractivity contribution is -0.190. The molecule has 7 atom stereocenters. The van der Waals surface area contributed by atoms with Gasteiger partial charge in [0.05, 0.1) is 18.3 Å². The second-order valence-corrected chi connectivity index (χ2v) is 10.9. The standard InChI is InChI=1S/C31H38O11/c1-7-14-30(5)15-13-23(35)26(42-30)29(39-20(3)33)28-25(36)27(37-17-22-11-9-8-10-12-22)24(40-28)16-31(6,41-21(4)34)18-38-19(2)32/h7-13,15,24,26-29H,1,14,16-18H2,2-6H3/t24?,26?,27?,28?,29-,30-,31+/m1/s1. The molecule has 11 heteroatoms. The quantitative estimate of drug-likeness (QED) is 0.191. The van der Waals surface area contributed by atoms with E-state index in [9.17, 15) is 24.0 Å². The average Bonchev–Trinajstić information content (AvgIpc) is 3.20. The molecule has 3 rings (SSSR count). The maximum Gasteiger partial charge on any atom is 0.303 e. The maximum atomic E-state index is 13.9. The molecule has 0 aliphatic carbocycles. The minimum atomic E-state index is -1.46. The van der Waals surface area contributed by atoms with Gasteiger partial charge in [0.1, 0.15) is 18.3 Å². The first-order valence-electron chi connectivity index (χ1n) is 13.6. The molecule has 2 heterocycles. The van der Waals surface area contributed by atoms with Gasteiger partial charge >= 0.3 is 17.9 Å². The van der Waals surface area contributed by atoms with Crippen LogP contribution in [-0.2, 0) is 59.0 Å². The monoisotopic (exact) mass is 586 g/mol. The van der Waals surface area contributed by atoms with Gasteiger partial charge in [0, 0.05) is 27.2 Å². The molecule has 42 heavy (non-hydrogen) atoms. The summed E-state index contributed by atoms with van der Waals surface area (Å²) in [6.07, 6.45) is -1.75. The first-order chi connectivity index (χ1) is 19.8. The van der Waals surface area contributed by atoms with E-state index in [-0.39, 0.29) is 19.6 Å². The summed E-state index contributed by atoms with van der Waals surface area (Å²) in [5.41, 5.74) is -1.56. The van der Waals surface area contributed by atoms with E-state index in [4.69, 9.17) is 28.4 Å². The van der Waals surface area contributed by atoms with Gasteiger partial charge in [0.2, 0.25) is 0 Å². The lowest BCUT2D eigenvalue weighted by Crippen LogP contribution is -2.53. The zero-order valence-corrected chi connectivity index (χ0v) is 24.5. The van der Waals surface area contributed by atoms with Crippen molar-refractivity contribution in [3.63, 3.8) is 0 Å². The zero-order chi connectivity index (χ0) is 31.1. The van der Waals surface area contributed by atoms with Crippen molar-refractivity contribution >= 4 is 29.5 Å². The predicted molar refractivity (Wildman–Crippen MR) is 148 cm³/mol. The third kappa shape index (κ3) is 8.67. The van der Waals surface area contributed by atoms with Crippen LogP contribution in [0.15, 0.2) is 55.1 Å². The average molecular weight is 587 g/mol. The van der Waals surface area contributed by atoms with Crippen LogP contribution in [0.1, 0.15) is 53.0 Å². The maximum absolute atomic E-state index is 13.9. The molecule has 2 aliphatic heterocycles. The molecule has 1 aromatic rings. The number of ether oxygens (including phenoxy) is 6. The van der Waals surface area contributed by atoms with Crippen LogP contribution in [0.3, 0.4) is 0 Å². The summed E-state index contributed by atoms with van der Waals surface area (Å²) in [6.45, 7) is 10.3. The Kier molecular flexibility index (Phi) is 10.9. The molecule has 11 nitrogen and oxygen atoms in total. The Morgan fingerprint density at radius 2 is 1.76 bits per heavy atom. The molecule has 0 amide bonds. The summed E-state index contributed by atoms with van der Waals surface area (Å²) in [5, 5.41) is 0. The van der Waals surface area contributed by atoms with Crippen molar-refractivity contribution in [3.8, 4) is 0 Å². The van der Waals surface area contributed by atoms with Crippen LogP contribution in [0.4, 0.5) is 0 Å². The first kappa shape index (κ1) is 32.8. The van der Waals surface area contributed by atoms with E-state index in [1.54, 1.807) is 19.1 Å². The van der Waals surface area contributed by atoms with E-state index >= 15 is 0 Å². The van der Waals surface area contributed by atoms with Crippen molar-refractivity contribution in [3.05, 3.63) is 60.7 Å². The second kappa shape index (κ2) is 14.0. The molecule has 0 spiro atoms. The SMILES string of the molecule is C=CC[C@]1(C)C=CC(=O)C([C@@H](OC(C)=O)C2OC(C[C@@](C)(COC(C)=O)OC(C)=O)C(OCc3ccccc3)C2=O)O1. The predicted octanol–water partition coefficient (Wildman–Crippen LogP) is 2.97. The lowest BCUT2D eigenvalue weighted by Gasteiger charge is -2.37. The van der Waals surface area contributed by atoms with Crippen LogP contribution in [-0.4, -0.2) is 77.8 Å². The highest BCUT2D eigenvalue weighted by molar-refractivity contribution is 5.97. The Balaban J connectivity index is 1.97. The number of Topliss-reactive ketones (excluding diaryl/α,β-unsaturated/α-hetero) is 1. The normalized spacial score (nSPS) is 27.5. The van der Waals surface area contributed by atoms with Crippen molar-refractivity contribution in [2.75, 3.05) is 6.61 Å². The Morgan fingerprint density at radius 3 is 2.36 bits per heavy atom. The molecule has 1 saturated heterocycles. The number of esters is 3. The van der Waals surface area contributed by atoms with Crippen LogP contribution in [0, 0.1) is 0 Å². The van der Waals surface area contributed by atoms with E-state index in [0.29, 0.717) is 6.42 Å². The van der Waals surface area contributed by atoms with E-state index in [1.807, 2.05) is 30.3 Å². The Bertz CT molecular complexity index is 1210. The van der Waals surface area contributed by atoms with Crippen LogP contribution in [0.5, 0.6) is 0 Å². The summed E-state index contributed by atoms with van der Waals surface area (Å²) in [4.78, 5) is 62.7. The van der Waals surface area contributed by atoms with Crippen molar-refractivity contribution in [1.29, 1.82) is 0 Å². The van der Waals surface area contributed by atoms with Gasteiger partial charge in [-0.15, -0.1) is 6.58 Å². The highest BCUT2D eigenvalue weighted by Gasteiger charge is 2.55. The number of rotatable bonds is 13. The largest absolute Gasteiger partial charge is 0.462 e. The van der Waals surface area contributed by atoms with E-state index < -0.39 is 71.2 Å². The lowest BCUT2D eigenvalue weighted by atomic mass is 9.91. The Morgan fingerprint density at radius 1 is 1.07 bits per heavy atom. The van der Waals surface area contributed by atoms with Gasteiger partial charge in [-0.25, -0.2) is 0 Å². The van der Waals surface area contributed by atoms with Gasteiger partial charge < -0.3 is 28.4 Å². The molecule has 4 unspecified atom stereocenters. The third-order valence-electron chi connectivity index (χ3n) is 6.82. The summed E-state index contributed by atoms with van der Waals surface area (Å²) >= 11 is 0. The third-order valence-corrected chi connectivity index (χ3v) is 6.82. The Hall–Kier alpha value is -3.67. The molecular weight excluding hydrogens is 548 g/mol. The molecular formula is C31H38O11. The van der Waals surface area contributed by atoms with Gasteiger partial charge in [0.15, 0.2) is 29.9 Å². The van der Waals surface area contributed by atoms with Gasteiger partial charge in [-0.3, -0.25) is 24.0 Å². The molecule has 0 saturated carbocycles. The van der Waals surface area contributed by atoms with Crippen LogP contribution in [0.2, 0.25) is 0 Å². The zero-order valence-electron chi connectivity index (χ0n) is 24.5. The number of ketones is 2. The summed E-state index contributed by atoms with van der Waals surface area (Å²) < 4.78 is 34.5. The minimum Gasteiger partial charge on any atom is -0.462 e. The van der Waals surface area contributed by atoms with Crippen LogP contribution >= 0.6 is 0 Å². The molecule has 0 aromatic heterocycles. The van der Waals surface area contributed by atoms with Crippen molar-refractivity contribution in [1.82, 2.24) is 0 Å². The number of hydrogen-bond acceptors (Lipinski definition) is 11. The van der Waals surface area contributed by atoms with E-state index in [0.717, 1.165) is 12.5 Å². The fraction of sp³-hybridized carbons (Fsp3) is 0.516. The molecule has 1 aromatic carbocycles. The summed E-state index contributed by atoms with van der Waals surface area (Å²) in [7, 11) is 0.